The van der Waals surface area contributed by atoms with Gasteiger partial charge in [-0.2, -0.15) is 0 Å². The number of nitrogens with one attached hydrogen (secondary N) is 1. The van der Waals surface area contributed by atoms with E-state index in [2.05, 4.69) is 44.8 Å². The summed E-state index contributed by atoms with van der Waals surface area (Å²) < 4.78 is 5.88. The highest BCUT2D eigenvalue weighted by Crippen LogP contribution is 2.40. The second kappa shape index (κ2) is 12.0. The molecule has 0 aromatic heterocycles. The third kappa shape index (κ3) is 8.26. The minimum atomic E-state index is -0.230. The Balaban J connectivity index is 2.43. The number of thiocarbonyl (C=S) groups is 1. The summed E-state index contributed by atoms with van der Waals surface area (Å²) in [6.45, 7) is 10.9. The molecule has 1 heterocycles. The lowest BCUT2D eigenvalue weighted by Gasteiger charge is -2.55. The molecular formula is C23H44N2O2S. The number of amides is 1. The van der Waals surface area contributed by atoms with Crippen LogP contribution in [-0.4, -0.2) is 40.2 Å². The highest BCUT2D eigenvalue weighted by Gasteiger charge is 2.48. The number of piperidine rings is 1. The second-order valence-electron chi connectivity index (χ2n) is 9.62. The van der Waals surface area contributed by atoms with Gasteiger partial charge in [0.25, 0.3) is 5.17 Å². The van der Waals surface area contributed by atoms with Crippen molar-refractivity contribution in [2.24, 2.45) is 0 Å². The van der Waals surface area contributed by atoms with Gasteiger partial charge < -0.3 is 15.0 Å². The number of rotatable bonds is 11. The molecule has 0 radical (unpaired) electrons. The number of nitrogens with zero attached hydrogens (tertiary/aromatic N) is 1. The first-order chi connectivity index (χ1) is 13.1. The fourth-order valence-electron chi connectivity index (χ4n) is 4.86. The van der Waals surface area contributed by atoms with Crippen LogP contribution in [-0.2, 0) is 9.53 Å². The average Bonchev–Trinajstić information content (AvgIpc) is 2.57. The van der Waals surface area contributed by atoms with Crippen molar-refractivity contribution in [3.05, 3.63) is 0 Å². The molecule has 1 rings (SSSR count). The van der Waals surface area contributed by atoms with Gasteiger partial charge in [-0.25, -0.2) is 0 Å². The molecule has 0 aromatic rings. The molecule has 1 aliphatic rings. The van der Waals surface area contributed by atoms with Crippen LogP contribution in [0.4, 0.5) is 0 Å². The van der Waals surface area contributed by atoms with Crippen molar-refractivity contribution in [3.63, 3.8) is 0 Å². The largest absolute Gasteiger partial charge is 0.468 e. The van der Waals surface area contributed by atoms with Crippen molar-refractivity contribution in [2.45, 2.75) is 129 Å². The summed E-state index contributed by atoms with van der Waals surface area (Å²) in [5.41, 5.74) is -0.460. The van der Waals surface area contributed by atoms with E-state index in [-0.39, 0.29) is 23.1 Å². The molecule has 1 fully saturated rings. The van der Waals surface area contributed by atoms with E-state index in [0.717, 1.165) is 25.7 Å². The molecule has 0 bridgehead atoms. The minimum absolute atomic E-state index is 0.0432. The Morgan fingerprint density at radius 3 is 1.89 bits per heavy atom. The van der Waals surface area contributed by atoms with Gasteiger partial charge in [0.05, 0.1) is 0 Å². The van der Waals surface area contributed by atoms with Crippen LogP contribution >= 0.6 is 12.2 Å². The maximum atomic E-state index is 13.1. The molecule has 0 atom stereocenters. The van der Waals surface area contributed by atoms with Crippen LogP contribution in [0.15, 0.2) is 0 Å². The normalized spacial score (nSPS) is 18.7. The summed E-state index contributed by atoms with van der Waals surface area (Å²) in [5, 5.41) is 3.32. The van der Waals surface area contributed by atoms with E-state index in [9.17, 15) is 4.79 Å². The molecule has 0 aromatic carbocycles. The van der Waals surface area contributed by atoms with E-state index in [4.69, 9.17) is 17.0 Å². The van der Waals surface area contributed by atoms with Crippen molar-refractivity contribution >= 4 is 23.3 Å². The number of ether oxygens (including phenoxy) is 1. The summed E-state index contributed by atoms with van der Waals surface area (Å²) in [5.74, 6) is 0.285. The van der Waals surface area contributed by atoms with Gasteiger partial charge in [0.2, 0.25) is 5.91 Å². The molecule has 0 aliphatic carbocycles. The van der Waals surface area contributed by atoms with Gasteiger partial charge in [-0.3, -0.25) is 4.79 Å². The summed E-state index contributed by atoms with van der Waals surface area (Å²) in [4.78, 5) is 15.2. The topological polar surface area (TPSA) is 41.6 Å². The number of hydrogen-bond acceptors (Lipinski definition) is 3. The minimum Gasteiger partial charge on any atom is -0.468 e. The first-order valence-electron chi connectivity index (χ1n) is 11.4. The van der Waals surface area contributed by atoms with Crippen LogP contribution in [0.5, 0.6) is 0 Å². The van der Waals surface area contributed by atoms with Gasteiger partial charge in [-0.1, -0.05) is 58.3 Å². The Morgan fingerprint density at radius 1 is 0.964 bits per heavy atom. The van der Waals surface area contributed by atoms with Gasteiger partial charge in [0, 0.05) is 37.4 Å². The summed E-state index contributed by atoms with van der Waals surface area (Å²) >= 11 is 5.17. The van der Waals surface area contributed by atoms with Gasteiger partial charge in [0.1, 0.15) is 6.10 Å². The fourth-order valence-corrected chi connectivity index (χ4v) is 4.99. The maximum Gasteiger partial charge on any atom is 0.256 e. The molecule has 28 heavy (non-hydrogen) atoms. The van der Waals surface area contributed by atoms with Gasteiger partial charge in [-0.15, -0.1) is 0 Å². The average molecular weight is 413 g/mol. The zero-order chi connectivity index (χ0) is 21.2. The number of likely N-dealkylation sites (tertiary alicyclic amines) is 1. The molecule has 164 valence electrons. The predicted octanol–water partition coefficient (Wildman–Crippen LogP) is 5.98. The Morgan fingerprint density at radius 2 is 1.43 bits per heavy atom. The van der Waals surface area contributed by atoms with Crippen molar-refractivity contribution in [1.82, 2.24) is 10.2 Å². The van der Waals surface area contributed by atoms with Crippen molar-refractivity contribution in [3.8, 4) is 0 Å². The van der Waals surface area contributed by atoms with Crippen molar-refractivity contribution in [1.29, 1.82) is 0 Å². The first kappa shape index (κ1) is 25.2. The lowest BCUT2D eigenvalue weighted by molar-refractivity contribution is -0.154. The molecule has 0 spiro atoms. The third-order valence-corrected chi connectivity index (χ3v) is 6.19. The Kier molecular flexibility index (Phi) is 10.8. The monoisotopic (exact) mass is 412 g/mol. The molecule has 1 N–H and O–H groups in total. The zero-order valence-corrected chi connectivity index (χ0v) is 20.1. The second-order valence-corrected chi connectivity index (χ2v) is 9.99. The SMILES string of the molecule is CCCCCCCCCCCC(=O)N1C(C)(C)CC(OC(=S)NC)CC1(C)C. The molecule has 1 aliphatic heterocycles. The maximum absolute atomic E-state index is 13.1. The predicted molar refractivity (Wildman–Crippen MR) is 123 cm³/mol. The van der Waals surface area contributed by atoms with Gasteiger partial charge >= 0.3 is 0 Å². The van der Waals surface area contributed by atoms with Crippen molar-refractivity contribution in [2.75, 3.05) is 7.05 Å². The van der Waals surface area contributed by atoms with Crippen LogP contribution < -0.4 is 5.32 Å². The quantitative estimate of drug-likeness (QED) is 0.335. The number of hydrogen-bond donors (Lipinski definition) is 1. The molecule has 0 unspecified atom stereocenters. The molecule has 0 saturated carbocycles. The highest BCUT2D eigenvalue weighted by molar-refractivity contribution is 7.80. The highest BCUT2D eigenvalue weighted by atomic mass is 32.1. The molecule has 1 amide bonds. The smallest absolute Gasteiger partial charge is 0.256 e. The lowest BCUT2D eigenvalue weighted by atomic mass is 9.77. The standard InChI is InChI=1S/C23H44N2O2S/c1-7-8-9-10-11-12-13-14-15-16-20(26)25-22(2,3)17-19(18-23(25,4)5)27-21(28)24-6/h19H,7-18H2,1-6H3,(H,24,28). The summed E-state index contributed by atoms with van der Waals surface area (Å²) in [6, 6.07) is 0. The molecule has 5 heteroatoms. The van der Waals surface area contributed by atoms with E-state index < -0.39 is 0 Å². The van der Waals surface area contributed by atoms with E-state index in [1.807, 2.05) is 0 Å². The van der Waals surface area contributed by atoms with E-state index in [0.29, 0.717) is 11.6 Å². The van der Waals surface area contributed by atoms with E-state index in [1.54, 1.807) is 7.05 Å². The van der Waals surface area contributed by atoms with Gasteiger partial charge in [0.15, 0.2) is 0 Å². The Labute approximate surface area is 179 Å². The summed E-state index contributed by atoms with van der Waals surface area (Å²) in [6.07, 6.45) is 13.8. The third-order valence-electron chi connectivity index (χ3n) is 5.89. The Hall–Kier alpha value is -0.840. The molecule has 1 saturated heterocycles. The van der Waals surface area contributed by atoms with Crippen LogP contribution in [0.2, 0.25) is 0 Å². The van der Waals surface area contributed by atoms with Crippen LogP contribution in [0.1, 0.15) is 112 Å². The fraction of sp³-hybridized carbons (Fsp3) is 0.913. The first-order valence-corrected chi connectivity index (χ1v) is 11.8. The van der Waals surface area contributed by atoms with Crippen LogP contribution in [0, 0.1) is 0 Å². The summed E-state index contributed by atoms with van der Waals surface area (Å²) in [7, 11) is 1.78. The van der Waals surface area contributed by atoms with Crippen LogP contribution in [0.3, 0.4) is 0 Å². The molecule has 4 nitrogen and oxygen atoms in total. The molecular weight excluding hydrogens is 368 g/mol. The van der Waals surface area contributed by atoms with Gasteiger partial charge in [-0.05, 0) is 46.3 Å². The van der Waals surface area contributed by atoms with Crippen LogP contribution in [0.25, 0.3) is 0 Å². The number of carbonyl (C=O) groups is 1. The van der Waals surface area contributed by atoms with E-state index in [1.165, 1.54) is 44.9 Å². The number of unbranched alkanes of at least 4 members (excludes halogenated alkanes) is 8. The van der Waals surface area contributed by atoms with E-state index >= 15 is 0 Å². The van der Waals surface area contributed by atoms with Crippen molar-refractivity contribution < 1.29 is 9.53 Å². The Bertz CT molecular complexity index is 473. The number of carbonyl (C=O) groups excluding carboxylic acids is 1. The lowest BCUT2D eigenvalue weighted by Crippen LogP contribution is -2.64. The zero-order valence-electron chi connectivity index (χ0n) is 19.2.